The molecular weight excluding hydrogens is 378 g/mol. The Labute approximate surface area is 176 Å². The van der Waals surface area contributed by atoms with Gasteiger partial charge in [-0.3, -0.25) is 4.79 Å². The minimum absolute atomic E-state index is 0.0264. The Morgan fingerprint density at radius 3 is 2.60 bits per heavy atom. The van der Waals surface area contributed by atoms with E-state index in [9.17, 15) is 4.79 Å². The summed E-state index contributed by atoms with van der Waals surface area (Å²) in [7, 11) is 0. The predicted octanol–water partition coefficient (Wildman–Crippen LogP) is 4.20. The second-order valence-electron chi connectivity index (χ2n) is 7.18. The monoisotopic (exact) mass is 403 g/mol. The molecule has 0 atom stereocenters. The Hall–Kier alpha value is -3.79. The molecule has 154 valence electrons. The van der Waals surface area contributed by atoms with Gasteiger partial charge >= 0.3 is 0 Å². The normalized spacial score (nSPS) is 10.5. The van der Waals surface area contributed by atoms with Crippen molar-refractivity contribution < 1.29 is 9.53 Å². The molecule has 1 heterocycles. The highest BCUT2D eigenvalue weighted by atomic mass is 16.5. The van der Waals surface area contributed by atoms with Crippen LogP contribution < -0.4 is 15.4 Å². The number of aromatic nitrogens is 2. The number of hydrogen-bond donors (Lipinski definition) is 2. The van der Waals surface area contributed by atoms with E-state index in [0.717, 1.165) is 17.1 Å². The number of nitrogens with one attached hydrogen (secondary N) is 2. The summed E-state index contributed by atoms with van der Waals surface area (Å²) < 4.78 is 7.58. The van der Waals surface area contributed by atoms with Crippen molar-refractivity contribution in [3.05, 3.63) is 65.5 Å². The number of ether oxygens (including phenoxy) is 1. The summed E-state index contributed by atoms with van der Waals surface area (Å²) >= 11 is 0. The third-order valence-corrected chi connectivity index (χ3v) is 4.47. The Balaban J connectivity index is 1.73. The summed E-state index contributed by atoms with van der Waals surface area (Å²) in [5.41, 5.74) is 4.30. The lowest BCUT2D eigenvalue weighted by Crippen LogP contribution is -2.23. The summed E-state index contributed by atoms with van der Waals surface area (Å²) in [5.74, 6) is 0.382. The van der Waals surface area contributed by atoms with Gasteiger partial charge in [0.15, 0.2) is 0 Å². The lowest BCUT2D eigenvalue weighted by molar-refractivity contribution is -0.114. The van der Waals surface area contributed by atoms with Gasteiger partial charge in [0.2, 0.25) is 5.91 Å². The lowest BCUT2D eigenvalue weighted by atomic mass is 10.2. The first kappa shape index (κ1) is 20.9. The van der Waals surface area contributed by atoms with Gasteiger partial charge in [0.25, 0.3) is 0 Å². The van der Waals surface area contributed by atoms with Crippen molar-refractivity contribution in [3.63, 3.8) is 0 Å². The number of aryl methyl sites for hydroxylation is 1. The number of hydrogen-bond acceptors (Lipinski definition) is 5. The van der Waals surface area contributed by atoms with Gasteiger partial charge in [0.05, 0.1) is 52.7 Å². The van der Waals surface area contributed by atoms with Gasteiger partial charge in [-0.05, 0) is 58.0 Å². The Morgan fingerprint density at radius 2 is 1.93 bits per heavy atom. The van der Waals surface area contributed by atoms with Crippen molar-refractivity contribution in [2.24, 2.45) is 0 Å². The van der Waals surface area contributed by atoms with Crippen LogP contribution in [-0.4, -0.2) is 28.3 Å². The first-order chi connectivity index (χ1) is 14.4. The fourth-order valence-corrected chi connectivity index (χ4v) is 3.10. The largest absolute Gasteiger partial charge is 0.489 e. The minimum Gasteiger partial charge on any atom is -0.489 e. The lowest BCUT2D eigenvalue weighted by Gasteiger charge is -2.16. The maximum Gasteiger partial charge on any atom is 0.243 e. The van der Waals surface area contributed by atoms with E-state index >= 15 is 0 Å². The van der Waals surface area contributed by atoms with Gasteiger partial charge in [-0.15, -0.1) is 0 Å². The molecule has 3 aromatic rings. The summed E-state index contributed by atoms with van der Waals surface area (Å²) in [4.78, 5) is 12.6. The molecule has 7 heteroatoms. The summed E-state index contributed by atoms with van der Waals surface area (Å²) in [5, 5.41) is 19.7. The van der Waals surface area contributed by atoms with Gasteiger partial charge in [0.1, 0.15) is 5.75 Å². The summed E-state index contributed by atoms with van der Waals surface area (Å²) in [6.07, 6.45) is -0.0264. The van der Waals surface area contributed by atoms with Crippen molar-refractivity contribution in [1.82, 2.24) is 9.78 Å². The number of carbonyl (C=O) groups excluding carboxylic acids is 1. The fraction of sp³-hybridized carbons (Fsp3) is 0.261. The van der Waals surface area contributed by atoms with E-state index in [1.54, 1.807) is 18.2 Å². The molecule has 0 saturated heterocycles. The third-order valence-electron chi connectivity index (χ3n) is 4.47. The van der Waals surface area contributed by atoms with Gasteiger partial charge in [-0.2, -0.15) is 10.4 Å². The van der Waals surface area contributed by atoms with Crippen LogP contribution in [0.25, 0.3) is 5.69 Å². The fourth-order valence-electron chi connectivity index (χ4n) is 3.10. The first-order valence-corrected chi connectivity index (χ1v) is 9.75. The highest BCUT2D eigenvalue weighted by Gasteiger charge is 2.16. The van der Waals surface area contributed by atoms with E-state index in [2.05, 4.69) is 21.8 Å². The Kier molecular flexibility index (Phi) is 6.38. The molecule has 0 aliphatic rings. The van der Waals surface area contributed by atoms with Crippen LogP contribution in [0.15, 0.2) is 48.5 Å². The number of amides is 1. The average Bonchev–Trinajstić information content (AvgIpc) is 3.01. The van der Waals surface area contributed by atoms with Crippen LogP contribution in [-0.2, 0) is 4.79 Å². The van der Waals surface area contributed by atoms with E-state index in [1.807, 2.05) is 62.7 Å². The van der Waals surface area contributed by atoms with Crippen molar-refractivity contribution in [1.29, 1.82) is 5.26 Å². The van der Waals surface area contributed by atoms with Crippen LogP contribution in [0.4, 0.5) is 11.4 Å². The van der Waals surface area contributed by atoms with Gasteiger partial charge in [0, 0.05) is 0 Å². The summed E-state index contributed by atoms with van der Waals surface area (Å²) in [6.45, 7) is 7.65. The molecule has 0 saturated carbocycles. The highest BCUT2D eigenvalue weighted by molar-refractivity contribution is 5.95. The quantitative estimate of drug-likeness (QED) is 0.617. The smallest absolute Gasteiger partial charge is 0.243 e. The minimum atomic E-state index is -0.216. The number of nitriles is 1. The highest BCUT2D eigenvalue weighted by Crippen LogP contribution is 2.27. The van der Waals surface area contributed by atoms with Crippen molar-refractivity contribution in [2.45, 2.75) is 33.8 Å². The molecule has 0 fully saturated rings. The molecule has 30 heavy (non-hydrogen) atoms. The van der Waals surface area contributed by atoms with E-state index < -0.39 is 0 Å². The van der Waals surface area contributed by atoms with E-state index in [4.69, 9.17) is 10.00 Å². The number of nitrogens with zero attached hydrogens (tertiary/aromatic N) is 3. The molecule has 2 aromatic carbocycles. The van der Waals surface area contributed by atoms with Crippen molar-refractivity contribution >= 4 is 17.3 Å². The molecule has 1 amide bonds. The van der Waals surface area contributed by atoms with Crippen LogP contribution >= 0.6 is 0 Å². The molecule has 0 aliphatic carbocycles. The molecule has 0 unspecified atom stereocenters. The van der Waals surface area contributed by atoms with Gasteiger partial charge < -0.3 is 15.4 Å². The van der Waals surface area contributed by atoms with Crippen LogP contribution in [0.5, 0.6) is 5.75 Å². The molecule has 0 radical (unpaired) electrons. The zero-order chi connectivity index (χ0) is 21.7. The second kappa shape index (κ2) is 9.14. The predicted molar refractivity (Wildman–Crippen MR) is 117 cm³/mol. The molecule has 0 bridgehead atoms. The van der Waals surface area contributed by atoms with Crippen molar-refractivity contribution in [2.75, 3.05) is 17.2 Å². The maximum atomic E-state index is 12.6. The number of anilines is 2. The number of rotatable bonds is 7. The molecule has 0 spiro atoms. The standard InChI is InChI=1S/C23H25N5O2/c1-15(2)30-21-11-10-18(13-24)12-20(21)25-14-22(29)26-23-16(3)27-28(17(23)4)19-8-6-5-7-9-19/h5-12,15,25H,14H2,1-4H3,(H,26,29). The molecule has 0 aliphatic heterocycles. The second-order valence-corrected chi connectivity index (χ2v) is 7.18. The molecule has 7 nitrogen and oxygen atoms in total. The van der Waals surface area contributed by atoms with E-state index in [-0.39, 0.29) is 18.6 Å². The topological polar surface area (TPSA) is 92.0 Å². The number of benzene rings is 2. The Bertz CT molecular complexity index is 1080. The summed E-state index contributed by atoms with van der Waals surface area (Å²) in [6, 6.07) is 17.0. The van der Waals surface area contributed by atoms with Crippen LogP contribution in [0.3, 0.4) is 0 Å². The average molecular weight is 403 g/mol. The van der Waals surface area contributed by atoms with E-state index in [0.29, 0.717) is 22.7 Å². The molecule has 1 aromatic heterocycles. The molecule has 3 rings (SSSR count). The molecule has 2 N–H and O–H groups in total. The van der Waals surface area contributed by atoms with E-state index in [1.165, 1.54) is 0 Å². The number of para-hydroxylation sites is 1. The zero-order valence-electron chi connectivity index (χ0n) is 17.6. The third kappa shape index (κ3) is 4.78. The maximum absolute atomic E-state index is 12.6. The first-order valence-electron chi connectivity index (χ1n) is 9.75. The van der Waals surface area contributed by atoms with Crippen LogP contribution in [0.2, 0.25) is 0 Å². The SMILES string of the molecule is Cc1nn(-c2ccccc2)c(C)c1NC(=O)CNc1cc(C#N)ccc1OC(C)C. The number of carbonyl (C=O) groups is 1. The Morgan fingerprint density at radius 1 is 1.20 bits per heavy atom. The van der Waals surface area contributed by atoms with Gasteiger partial charge in [-0.1, -0.05) is 18.2 Å². The van der Waals surface area contributed by atoms with Gasteiger partial charge in [-0.25, -0.2) is 4.68 Å². The van der Waals surface area contributed by atoms with Crippen molar-refractivity contribution in [3.8, 4) is 17.5 Å². The zero-order valence-corrected chi connectivity index (χ0v) is 17.6. The molecular formula is C23H25N5O2. The van der Waals surface area contributed by atoms with Crippen LogP contribution in [0.1, 0.15) is 30.8 Å². The van der Waals surface area contributed by atoms with Crippen LogP contribution in [0, 0.1) is 25.2 Å².